The first-order valence-corrected chi connectivity index (χ1v) is 47.6. The molecule has 0 aromatic rings. The second-order valence-electron chi connectivity index (χ2n) is 31.4. The van der Waals surface area contributed by atoms with Crippen molar-refractivity contribution in [3.05, 3.63) is 0 Å². The summed E-state index contributed by atoms with van der Waals surface area (Å²) in [5.74, 6) is -1.40. The molecule has 624 valence electrons. The van der Waals surface area contributed by atoms with Gasteiger partial charge in [-0.25, -0.2) is 9.13 Å². The fourth-order valence-corrected chi connectivity index (χ4v) is 15.1. The highest BCUT2D eigenvalue weighted by atomic mass is 31.2. The van der Waals surface area contributed by atoms with Gasteiger partial charge in [-0.15, -0.1) is 0 Å². The van der Waals surface area contributed by atoms with Gasteiger partial charge in [0.1, 0.15) is 19.3 Å². The van der Waals surface area contributed by atoms with E-state index in [0.29, 0.717) is 31.6 Å². The van der Waals surface area contributed by atoms with Crippen LogP contribution in [-0.2, 0) is 65.4 Å². The van der Waals surface area contributed by atoms with Crippen LogP contribution in [0.4, 0.5) is 0 Å². The average molecular weight is 1540 g/mol. The van der Waals surface area contributed by atoms with Crippen molar-refractivity contribution in [1.29, 1.82) is 0 Å². The first kappa shape index (κ1) is 103. The van der Waals surface area contributed by atoms with Gasteiger partial charge in [0.2, 0.25) is 0 Å². The predicted octanol–water partition coefficient (Wildman–Crippen LogP) is 26.4. The van der Waals surface area contributed by atoms with Crippen LogP contribution in [0.5, 0.6) is 0 Å². The molecule has 0 aromatic heterocycles. The number of rotatable bonds is 86. The summed E-state index contributed by atoms with van der Waals surface area (Å²) in [7, 11) is -9.92. The molecule has 3 N–H and O–H groups in total. The summed E-state index contributed by atoms with van der Waals surface area (Å²) in [4.78, 5) is 73.2. The Morgan fingerprint density at radius 3 is 0.648 bits per heavy atom. The molecule has 0 amide bonds. The van der Waals surface area contributed by atoms with E-state index in [1.807, 2.05) is 0 Å². The molecule has 19 heteroatoms. The summed E-state index contributed by atoms with van der Waals surface area (Å²) < 4.78 is 68.9. The average Bonchev–Trinajstić information content (AvgIpc) is 0.941. The Labute approximate surface area is 645 Å². The molecule has 0 aliphatic carbocycles. The lowest BCUT2D eigenvalue weighted by atomic mass is 10.0. The molecule has 0 aliphatic heterocycles. The highest BCUT2D eigenvalue weighted by molar-refractivity contribution is 7.47. The Bertz CT molecular complexity index is 2000. The smallest absolute Gasteiger partial charge is 0.462 e. The van der Waals surface area contributed by atoms with Gasteiger partial charge in [-0.05, 0) is 31.6 Å². The highest BCUT2D eigenvalue weighted by Gasteiger charge is 2.30. The molecule has 5 atom stereocenters. The first-order valence-electron chi connectivity index (χ1n) is 44.6. The number of ether oxygens (including phenoxy) is 4. The van der Waals surface area contributed by atoms with Gasteiger partial charge >= 0.3 is 39.5 Å². The van der Waals surface area contributed by atoms with Crippen LogP contribution in [0.3, 0.4) is 0 Å². The van der Waals surface area contributed by atoms with Gasteiger partial charge in [-0.3, -0.25) is 37.3 Å². The van der Waals surface area contributed by atoms with Crippen molar-refractivity contribution < 1.29 is 80.2 Å². The third-order valence-corrected chi connectivity index (χ3v) is 22.2. The Balaban J connectivity index is 5.21. The molecule has 0 bridgehead atoms. The quantitative estimate of drug-likeness (QED) is 0.0222. The van der Waals surface area contributed by atoms with E-state index in [4.69, 9.17) is 37.0 Å². The molecular formula is C86H168O17P2. The zero-order chi connectivity index (χ0) is 76.9. The molecule has 0 radical (unpaired) electrons. The maximum atomic E-state index is 13.1. The molecule has 0 rings (SSSR count). The molecule has 0 spiro atoms. The minimum Gasteiger partial charge on any atom is -0.462 e. The van der Waals surface area contributed by atoms with Crippen LogP contribution in [0, 0.1) is 5.92 Å². The van der Waals surface area contributed by atoms with Crippen LogP contribution in [0.1, 0.15) is 465 Å². The van der Waals surface area contributed by atoms with Crippen LogP contribution in [-0.4, -0.2) is 96.7 Å². The fourth-order valence-electron chi connectivity index (χ4n) is 13.5. The Morgan fingerprint density at radius 2 is 0.438 bits per heavy atom. The Morgan fingerprint density at radius 1 is 0.257 bits per heavy atom. The number of aliphatic hydroxyl groups is 1. The SMILES string of the molecule is CCCCCCCCCCCCCCCCCCCCCCCC(=O)O[C@H](COC(=O)CCCCCCCCCCCCCCCCCCCCCC)COP(=O)(O)OC[C@@H](O)COP(=O)(O)OC[C@@H](COC(=O)CCCCCCCCCC(C)C)OC(=O)CCCCCCCCCCCCCCCC. The van der Waals surface area contributed by atoms with E-state index < -0.39 is 97.5 Å². The molecule has 2 unspecified atom stereocenters. The number of hydrogen-bond acceptors (Lipinski definition) is 15. The van der Waals surface area contributed by atoms with Crippen LogP contribution in [0.25, 0.3) is 0 Å². The van der Waals surface area contributed by atoms with Crippen LogP contribution < -0.4 is 0 Å². The standard InChI is InChI=1S/C86H168O17P2/c1-6-9-12-15-18-21-24-27-30-32-34-36-38-40-42-45-48-51-56-62-67-72-85(90)102-81(75-96-83(88)69-64-59-54-49-46-44-41-39-37-35-33-31-28-25-22-19-16-13-10-7-2)77-100-104(92,93)98-73-80(87)74-99-105(94,95)101-78-82(76-97-84(89)70-65-60-57-52-53-58-63-68-79(4)5)103-86(91)71-66-61-55-50-47-43-29-26-23-20-17-14-11-8-3/h79-82,87H,6-78H2,1-5H3,(H,92,93)(H,94,95)/t80-,81-,82-/m1/s1. The second kappa shape index (κ2) is 78.7. The number of aliphatic hydroxyl groups excluding tert-OH is 1. The van der Waals surface area contributed by atoms with Crippen molar-refractivity contribution >= 4 is 39.5 Å². The summed E-state index contributed by atoms with van der Waals surface area (Å²) >= 11 is 0. The zero-order valence-electron chi connectivity index (χ0n) is 68.9. The maximum Gasteiger partial charge on any atom is 0.472 e. The fraction of sp³-hybridized carbons (Fsp3) is 0.953. The van der Waals surface area contributed by atoms with Gasteiger partial charge in [0.05, 0.1) is 26.4 Å². The van der Waals surface area contributed by atoms with Gasteiger partial charge in [-0.1, -0.05) is 413 Å². The normalized spacial score (nSPS) is 13.8. The summed E-state index contributed by atoms with van der Waals surface area (Å²) in [5.41, 5.74) is 0. The first-order chi connectivity index (χ1) is 51.0. The van der Waals surface area contributed by atoms with Crippen molar-refractivity contribution in [2.45, 2.75) is 483 Å². The highest BCUT2D eigenvalue weighted by Crippen LogP contribution is 2.45. The molecular weight excluding hydrogens is 1370 g/mol. The van der Waals surface area contributed by atoms with Crippen LogP contribution >= 0.6 is 15.6 Å². The largest absolute Gasteiger partial charge is 0.472 e. The van der Waals surface area contributed by atoms with Gasteiger partial charge in [0, 0.05) is 25.7 Å². The van der Waals surface area contributed by atoms with E-state index in [1.165, 1.54) is 283 Å². The number of esters is 4. The number of hydrogen-bond donors (Lipinski definition) is 3. The second-order valence-corrected chi connectivity index (χ2v) is 34.3. The van der Waals surface area contributed by atoms with Crippen molar-refractivity contribution in [3.63, 3.8) is 0 Å². The Hall–Kier alpha value is -1.94. The molecule has 0 heterocycles. The van der Waals surface area contributed by atoms with Crippen molar-refractivity contribution in [3.8, 4) is 0 Å². The minimum absolute atomic E-state index is 0.108. The maximum absolute atomic E-state index is 13.1. The van der Waals surface area contributed by atoms with Gasteiger partial charge in [-0.2, -0.15) is 0 Å². The number of carbonyl (C=O) groups excluding carboxylic acids is 4. The van der Waals surface area contributed by atoms with Gasteiger partial charge in [0.25, 0.3) is 0 Å². The molecule has 105 heavy (non-hydrogen) atoms. The third kappa shape index (κ3) is 79.9. The summed E-state index contributed by atoms with van der Waals surface area (Å²) in [6, 6.07) is 0. The Kier molecular flexibility index (Phi) is 77.3. The van der Waals surface area contributed by atoms with Crippen molar-refractivity contribution in [2.24, 2.45) is 5.92 Å². The number of carbonyl (C=O) groups is 4. The van der Waals surface area contributed by atoms with E-state index in [0.717, 1.165) is 96.3 Å². The molecule has 17 nitrogen and oxygen atoms in total. The number of phosphoric ester groups is 2. The molecule has 0 aromatic carbocycles. The lowest BCUT2D eigenvalue weighted by Crippen LogP contribution is -2.30. The lowest BCUT2D eigenvalue weighted by Gasteiger charge is -2.21. The predicted molar refractivity (Wildman–Crippen MR) is 432 cm³/mol. The molecule has 0 saturated heterocycles. The van der Waals surface area contributed by atoms with Gasteiger partial charge in [0.15, 0.2) is 12.2 Å². The monoisotopic (exact) mass is 1540 g/mol. The van der Waals surface area contributed by atoms with Crippen LogP contribution in [0.15, 0.2) is 0 Å². The van der Waals surface area contributed by atoms with E-state index >= 15 is 0 Å². The summed E-state index contributed by atoms with van der Waals surface area (Å²) in [6.45, 7) is 7.30. The zero-order valence-corrected chi connectivity index (χ0v) is 70.7. The van der Waals surface area contributed by atoms with Gasteiger partial charge < -0.3 is 33.8 Å². The molecule has 0 fully saturated rings. The minimum atomic E-state index is -4.97. The van der Waals surface area contributed by atoms with Crippen LogP contribution in [0.2, 0.25) is 0 Å². The van der Waals surface area contributed by atoms with Crippen molar-refractivity contribution in [2.75, 3.05) is 39.6 Å². The topological polar surface area (TPSA) is 237 Å². The van der Waals surface area contributed by atoms with E-state index in [-0.39, 0.29) is 25.7 Å². The third-order valence-electron chi connectivity index (χ3n) is 20.3. The van der Waals surface area contributed by atoms with E-state index in [2.05, 4.69) is 34.6 Å². The number of unbranched alkanes of at least 4 members (excludes halogenated alkanes) is 58. The number of phosphoric acid groups is 2. The van der Waals surface area contributed by atoms with E-state index in [1.54, 1.807) is 0 Å². The van der Waals surface area contributed by atoms with E-state index in [9.17, 15) is 43.2 Å². The summed E-state index contributed by atoms with van der Waals surface area (Å²) in [5, 5.41) is 10.7. The molecule has 0 aliphatic rings. The van der Waals surface area contributed by atoms with Crippen molar-refractivity contribution in [1.82, 2.24) is 0 Å². The molecule has 0 saturated carbocycles. The summed E-state index contributed by atoms with van der Waals surface area (Å²) in [6.07, 6.45) is 72.4. The lowest BCUT2D eigenvalue weighted by molar-refractivity contribution is -0.161.